The highest BCUT2D eigenvalue weighted by Gasteiger charge is 2.09. The lowest BCUT2D eigenvalue weighted by Gasteiger charge is -2.16. The minimum Gasteiger partial charge on any atom is -0.0955 e. The number of hydrogen-bond donors (Lipinski definition) is 0. The summed E-state index contributed by atoms with van der Waals surface area (Å²) in [4.78, 5) is 0. The first-order valence-corrected chi connectivity index (χ1v) is 5.88. The maximum Gasteiger partial charge on any atom is -0.0187 e. The molecule has 0 bridgehead atoms. The van der Waals surface area contributed by atoms with Crippen molar-refractivity contribution in [3.8, 4) is 0 Å². The number of allylic oxidation sites excluding steroid dienone is 1. The Morgan fingerprint density at radius 1 is 1.33 bits per heavy atom. The summed E-state index contributed by atoms with van der Waals surface area (Å²) in [5.41, 5.74) is 5.38. The number of benzene rings is 1. The van der Waals surface area contributed by atoms with E-state index in [1.165, 1.54) is 28.7 Å². The third-order valence-corrected chi connectivity index (χ3v) is 3.13. The molecule has 0 fully saturated rings. The van der Waals surface area contributed by atoms with Crippen LogP contribution in [0.4, 0.5) is 0 Å². The van der Waals surface area contributed by atoms with Gasteiger partial charge in [-0.15, -0.1) is 0 Å². The van der Waals surface area contributed by atoms with Gasteiger partial charge in [0.15, 0.2) is 0 Å². The molecule has 82 valence electrons. The average Bonchev–Trinajstić information content (AvgIpc) is 2.27. The molecule has 0 aliphatic carbocycles. The molecule has 0 aliphatic rings. The van der Waals surface area contributed by atoms with Crippen LogP contribution in [0.5, 0.6) is 0 Å². The van der Waals surface area contributed by atoms with Crippen LogP contribution in [0.15, 0.2) is 24.8 Å². The van der Waals surface area contributed by atoms with E-state index >= 15 is 0 Å². The minimum absolute atomic E-state index is 0.627. The van der Waals surface area contributed by atoms with Crippen LogP contribution in [-0.4, -0.2) is 0 Å². The molecule has 0 nitrogen and oxygen atoms in total. The highest BCUT2D eigenvalue weighted by molar-refractivity contribution is 5.65. The molecule has 0 heterocycles. The number of aryl methyl sites for hydroxylation is 1. The van der Waals surface area contributed by atoms with Gasteiger partial charge in [-0.05, 0) is 42.4 Å². The lowest BCUT2D eigenvalue weighted by Crippen LogP contribution is -1.98. The fraction of sp³-hybridized carbons (Fsp3) is 0.467. The summed E-state index contributed by atoms with van der Waals surface area (Å²) in [6, 6.07) is 6.81. The van der Waals surface area contributed by atoms with E-state index in [9.17, 15) is 0 Å². The van der Waals surface area contributed by atoms with Gasteiger partial charge in [0.05, 0.1) is 0 Å². The summed E-state index contributed by atoms with van der Waals surface area (Å²) in [7, 11) is 0. The monoisotopic (exact) mass is 202 g/mol. The average molecular weight is 202 g/mol. The Balaban J connectivity index is 3.21. The zero-order valence-electron chi connectivity index (χ0n) is 10.4. The summed E-state index contributed by atoms with van der Waals surface area (Å²) in [5.74, 6) is 0.627. The number of hydrogen-bond acceptors (Lipinski definition) is 0. The van der Waals surface area contributed by atoms with E-state index in [2.05, 4.69) is 52.5 Å². The van der Waals surface area contributed by atoms with Gasteiger partial charge >= 0.3 is 0 Å². The summed E-state index contributed by atoms with van der Waals surface area (Å²) in [6.45, 7) is 12.9. The van der Waals surface area contributed by atoms with Crippen LogP contribution in [0.1, 0.15) is 56.7 Å². The van der Waals surface area contributed by atoms with Crippen molar-refractivity contribution in [2.75, 3.05) is 0 Å². The summed E-state index contributed by atoms with van der Waals surface area (Å²) in [5, 5.41) is 0. The molecular formula is C15H22. The lowest BCUT2D eigenvalue weighted by molar-refractivity contribution is 0.731. The van der Waals surface area contributed by atoms with Gasteiger partial charge in [-0.1, -0.05) is 51.1 Å². The van der Waals surface area contributed by atoms with Crippen LogP contribution in [0.2, 0.25) is 0 Å². The Morgan fingerprint density at radius 3 is 2.47 bits per heavy atom. The fourth-order valence-electron chi connectivity index (χ4n) is 1.84. The van der Waals surface area contributed by atoms with Crippen molar-refractivity contribution in [2.24, 2.45) is 0 Å². The van der Waals surface area contributed by atoms with E-state index in [1.54, 1.807) is 0 Å². The molecule has 0 N–H and O–H groups in total. The molecule has 1 rings (SSSR count). The first kappa shape index (κ1) is 12.0. The molecule has 0 heteroatoms. The lowest BCUT2D eigenvalue weighted by atomic mass is 9.89. The first-order chi connectivity index (χ1) is 7.10. The van der Waals surface area contributed by atoms with E-state index in [0.29, 0.717) is 5.92 Å². The maximum absolute atomic E-state index is 4.08. The molecule has 0 aliphatic heterocycles. The third kappa shape index (κ3) is 2.71. The second kappa shape index (κ2) is 5.16. The van der Waals surface area contributed by atoms with Crippen molar-refractivity contribution in [3.63, 3.8) is 0 Å². The molecular weight excluding hydrogens is 180 g/mol. The quantitative estimate of drug-likeness (QED) is 0.658. The molecule has 1 aromatic carbocycles. The Hall–Kier alpha value is -1.04. The van der Waals surface area contributed by atoms with Gasteiger partial charge in [0.1, 0.15) is 0 Å². The van der Waals surface area contributed by atoms with Crippen LogP contribution in [0.25, 0.3) is 5.57 Å². The SMILES string of the molecule is C=C(C)c1cc(CC)ccc1C(C)CC. The largest absolute Gasteiger partial charge is 0.0955 e. The molecule has 15 heavy (non-hydrogen) atoms. The zero-order chi connectivity index (χ0) is 11.4. The topological polar surface area (TPSA) is 0 Å². The second-order valence-corrected chi connectivity index (χ2v) is 4.36. The Bertz CT molecular complexity index is 347. The van der Waals surface area contributed by atoms with Crippen molar-refractivity contribution in [2.45, 2.75) is 46.5 Å². The van der Waals surface area contributed by atoms with E-state index < -0.39 is 0 Å². The van der Waals surface area contributed by atoms with E-state index in [4.69, 9.17) is 0 Å². The van der Waals surface area contributed by atoms with Gasteiger partial charge in [0.25, 0.3) is 0 Å². The summed E-state index contributed by atoms with van der Waals surface area (Å²) < 4.78 is 0. The van der Waals surface area contributed by atoms with Gasteiger partial charge in [-0.2, -0.15) is 0 Å². The minimum atomic E-state index is 0.627. The number of rotatable bonds is 4. The molecule has 1 aromatic rings. The zero-order valence-corrected chi connectivity index (χ0v) is 10.4. The van der Waals surface area contributed by atoms with Crippen molar-refractivity contribution in [3.05, 3.63) is 41.5 Å². The Labute approximate surface area is 94.0 Å². The smallest absolute Gasteiger partial charge is 0.0187 e. The highest BCUT2D eigenvalue weighted by atomic mass is 14.1. The first-order valence-electron chi connectivity index (χ1n) is 5.88. The molecule has 0 saturated carbocycles. The van der Waals surface area contributed by atoms with Gasteiger partial charge < -0.3 is 0 Å². The van der Waals surface area contributed by atoms with Gasteiger partial charge in [0.2, 0.25) is 0 Å². The molecule has 0 saturated heterocycles. The Morgan fingerprint density at radius 2 is 2.00 bits per heavy atom. The fourth-order valence-corrected chi connectivity index (χ4v) is 1.84. The molecule has 0 amide bonds. The van der Waals surface area contributed by atoms with Crippen LogP contribution in [-0.2, 0) is 6.42 Å². The van der Waals surface area contributed by atoms with Gasteiger partial charge in [0, 0.05) is 0 Å². The van der Waals surface area contributed by atoms with Crippen LogP contribution in [0.3, 0.4) is 0 Å². The summed E-state index contributed by atoms with van der Waals surface area (Å²) >= 11 is 0. The molecule has 0 spiro atoms. The van der Waals surface area contributed by atoms with Crippen molar-refractivity contribution in [1.29, 1.82) is 0 Å². The van der Waals surface area contributed by atoms with E-state index in [-0.39, 0.29) is 0 Å². The van der Waals surface area contributed by atoms with Crippen LogP contribution < -0.4 is 0 Å². The van der Waals surface area contributed by atoms with Gasteiger partial charge in [-0.25, -0.2) is 0 Å². The van der Waals surface area contributed by atoms with Crippen LogP contribution in [0, 0.1) is 0 Å². The van der Waals surface area contributed by atoms with Crippen molar-refractivity contribution in [1.82, 2.24) is 0 Å². The molecule has 0 radical (unpaired) electrons. The molecule has 1 unspecified atom stereocenters. The third-order valence-electron chi connectivity index (χ3n) is 3.13. The predicted molar refractivity (Wildman–Crippen MR) is 69.2 cm³/mol. The maximum atomic E-state index is 4.08. The van der Waals surface area contributed by atoms with Crippen LogP contribution >= 0.6 is 0 Å². The van der Waals surface area contributed by atoms with Gasteiger partial charge in [-0.3, -0.25) is 0 Å². The van der Waals surface area contributed by atoms with E-state index in [1.807, 2.05) is 0 Å². The molecule has 1 atom stereocenters. The normalized spacial score (nSPS) is 12.5. The standard InChI is InChI=1S/C15H22/c1-6-12(5)14-9-8-13(7-2)10-15(14)11(3)4/h8-10,12H,3,6-7H2,1-2,4-5H3. The Kier molecular flexibility index (Phi) is 4.14. The summed E-state index contributed by atoms with van der Waals surface area (Å²) in [6.07, 6.45) is 2.28. The predicted octanol–water partition coefficient (Wildman–Crippen LogP) is 4.80. The second-order valence-electron chi connectivity index (χ2n) is 4.36. The van der Waals surface area contributed by atoms with E-state index in [0.717, 1.165) is 6.42 Å². The van der Waals surface area contributed by atoms with Crippen molar-refractivity contribution < 1.29 is 0 Å². The molecule has 0 aromatic heterocycles. The van der Waals surface area contributed by atoms with Crippen molar-refractivity contribution >= 4 is 5.57 Å². The highest BCUT2D eigenvalue weighted by Crippen LogP contribution is 2.28.